The molecule has 0 radical (unpaired) electrons. The van der Waals surface area contributed by atoms with E-state index in [-0.39, 0.29) is 0 Å². The second kappa shape index (κ2) is 3.37. The Balaban J connectivity index is 2.50. The fourth-order valence-corrected chi connectivity index (χ4v) is 1.98. The zero-order chi connectivity index (χ0) is 10.1. The van der Waals surface area contributed by atoms with Crippen LogP contribution in [-0.4, -0.2) is 19.1 Å². The molecular weight excluding hydrogens is 174 g/mol. The van der Waals surface area contributed by atoms with Gasteiger partial charge in [0.1, 0.15) is 5.75 Å². The van der Waals surface area contributed by atoms with Crippen LogP contribution in [0.4, 0.5) is 0 Å². The second-order valence-electron chi connectivity index (χ2n) is 3.55. The molecule has 0 fully saturated rings. The molecule has 1 aromatic carbocycles. The summed E-state index contributed by atoms with van der Waals surface area (Å²) >= 11 is 0. The van der Waals surface area contributed by atoms with Gasteiger partial charge in [0.15, 0.2) is 0 Å². The maximum atomic E-state index is 5.22. The summed E-state index contributed by atoms with van der Waals surface area (Å²) in [5, 5.41) is 0. The summed E-state index contributed by atoms with van der Waals surface area (Å²) in [5.74, 6) is 0.929. The highest BCUT2D eigenvalue weighted by Gasteiger charge is 2.20. The lowest BCUT2D eigenvalue weighted by Gasteiger charge is -2.11. The van der Waals surface area contributed by atoms with Crippen molar-refractivity contribution in [1.82, 2.24) is 4.90 Å². The zero-order valence-electron chi connectivity index (χ0n) is 8.87. The largest absolute Gasteiger partial charge is 0.497 e. The van der Waals surface area contributed by atoms with E-state index < -0.39 is 0 Å². The Morgan fingerprint density at radius 3 is 2.86 bits per heavy atom. The summed E-state index contributed by atoms with van der Waals surface area (Å²) < 4.78 is 5.22. The predicted molar refractivity (Wildman–Crippen MR) is 58.1 cm³/mol. The van der Waals surface area contributed by atoms with Crippen molar-refractivity contribution in [1.29, 1.82) is 0 Å². The quantitative estimate of drug-likeness (QED) is 0.673. The highest BCUT2D eigenvalue weighted by molar-refractivity contribution is 5.71. The smallest absolute Gasteiger partial charge is 0.119 e. The minimum absolute atomic E-state index is 0.929. The van der Waals surface area contributed by atoms with Gasteiger partial charge in [-0.25, -0.2) is 0 Å². The number of benzene rings is 1. The summed E-state index contributed by atoms with van der Waals surface area (Å²) in [6, 6.07) is 6.26. The average molecular weight is 189 g/mol. The molecular formula is C12H15NO. The molecule has 0 saturated heterocycles. The first-order chi connectivity index (χ1) is 6.76. The van der Waals surface area contributed by atoms with Crippen molar-refractivity contribution in [2.24, 2.45) is 0 Å². The van der Waals surface area contributed by atoms with Crippen molar-refractivity contribution >= 4 is 5.70 Å². The lowest BCUT2D eigenvalue weighted by Crippen LogP contribution is -2.06. The molecule has 0 saturated carbocycles. The molecule has 0 aromatic heterocycles. The summed E-state index contributed by atoms with van der Waals surface area (Å²) in [5.41, 5.74) is 3.97. The third-order valence-electron chi connectivity index (χ3n) is 2.69. The van der Waals surface area contributed by atoms with Crippen LogP contribution in [0.5, 0.6) is 5.75 Å². The van der Waals surface area contributed by atoms with Crippen LogP contribution in [0.15, 0.2) is 24.3 Å². The molecule has 74 valence electrons. The van der Waals surface area contributed by atoms with Crippen LogP contribution in [0.2, 0.25) is 0 Å². The standard InChI is InChI=1S/C12H15NO/c1-4-12-11-7-10(14-3)6-5-9(11)8-13(12)2/h4-7H,8H2,1-3H3/b12-4-. The number of methoxy groups -OCH3 is 1. The van der Waals surface area contributed by atoms with E-state index in [1.165, 1.54) is 16.8 Å². The molecule has 0 unspecified atom stereocenters. The molecule has 1 heterocycles. The van der Waals surface area contributed by atoms with Crippen molar-refractivity contribution < 1.29 is 4.74 Å². The van der Waals surface area contributed by atoms with Crippen LogP contribution < -0.4 is 4.74 Å². The summed E-state index contributed by atoms with van der Waals surface area (Å²) in [7, 11) is 3.82. The Morgan fingerprint density at radius 2 is 2.21 bits per heavy atom. The van der Waals surface area contributed by atoms with Gasteiger partial charge in [-0.05, 0) is 24.6 Å². The van der Waals surface area contributed by atoms with Crippen LogP contribution in [0.1, 0.15) is 18.1 Å². The lowest BCUT2D eigenvalue weighted by molar-refractivity contribution is 0.414. The van der Waals surface area contributed by atoms with Gasteiger partial charge in [-0.3, -0.25) is 0 Å². The topological polar surface area (TPSA) is 12.5 Å². The molecule has 1 aliphatic heterocycles. The highest BCUT2D eigenvalue weighted by atomic mass is 16.5. The molecule has 0 spiro atoms. The van der Waals surface area contributed by atoms with Crippen LogP contribution in [0.3, 0.4) is 0 Å². The minimum atomic E-state index is 0.929. The number of hydrogen-bond donors (Lipinski definition) is 0. The van der Waals surface area contributed by atoms with Gasteiger partial charge in [0.05, 0.1) is 7.11 Å². The fourth-order valence-electron chi connectivity index (χ4n) is 1.98. The molecule has 0 aliphatic carbocycles. The van der Waals surface area contributed by atoms with Gasteiger partial charge in [-0.1, -0.05) is 12.1 Å². The third-order valence-corrected chi connectivity index (χ3v) is 2.69. The van der Waals surface area contributed by atoms with Crippen molar-refractivity contribution in [2.45, 2.75) is 13.5 Å². The van der Waals surface area contributed by atoms with Crippen molar-refractivity contribution in [2.75, 3.05) is 14.2 Å². The van der Waals surface area contributed by atoms with Crippen molar-refractivity contribution in [3.8, 4) is 5.75 Å². The monoisotopic (exact) mass is 189 g/mol. The molecule has 1 aromatic rings. The second-order valence-corrected chi connectivity index (χ2v) is 3.55. The molecule has 0 bridgehead atoms. The number of hydrogen-bond acceptors (Lipinski definition) is 2. The summed E-state index contributed by atoms with van der Waals surface area (Å²) in [6.45, 7) is 3.07. The molecule has 2 heteroatoms. The first-order valence-electron chi connectivity index (χ1n) is 4.81. The molecule has 0 N–H and O–H groups in total. The van der Waals surface area contributed by atoms with E-state index in [2.05, 4.69) is 37.1 Å². The van der Waals surface area contributed by atoms with E-state index in [0.717, 1.165) is 12.3 Å². The van der Waals surface area contributed by atoms with Crippen molar-refractivity contribution in [3.05, 3.63) is 35.4 Å². The Morgan fingerprint density at radius 1 is 1.43 bits per heavy atom. The summed E-state index contributed by atoms with van der Waals surface area (Å²) in [4.78, 5) is 2.25. The van der Waals surface area contributed by atoms with E-state index in [1.807, 2.05) is 6.07 Å². The van der Waals surface area contributed by atoms with Crippen LogP contribution in [-0.2, 0) is 6.54 Å². The SMILES string of the molecule is C/C=C1/c2cc(OC)ccc2CN1C. The van der Waals surface area contributed by atoms with Crippen LogP contribution >= 0.6 is 0 Å². The van der Waals surface area contributed by atoms with Gasteiger partial charge in [0.25, 0.3) is 0 Å². The van der Waals surface area contributed by atoms with Gasteiger partial charge in [0.2, 0.25) is 0 Å². The Bertz CT molecular complexity index is 382. The minimum Gasteiger partial charge on any atom is -0.497 e. The van der Waals surface area contributed by atoms with Crippen molar-refractivity contribution in [3.63, 3.8) is 0 Å². The van der Waals surface area contributed by atoms with Crippen LogP contribution in [0, 0.1) is 0 Å². The summed E-state index contributed by atoms with van der Waals surface area (Å²) in [6.07, 6.45) is 2.14. The number of allylic oxidation sites excluding steroid dienone is 1. The van der Waals surface area contributed by atoms with E-state index in [0.29, 0.717) is 0 Å². The normalized spacial score (nSPS) is 17.4. The molecule has 1 aliphatic rings. The van der Waals surface area contributed by atoms with E-state index in [9.17, 15) is 0 Å². The van der Waals surface area contributed by atoms with Gasteiger partial charge < -0.3 is 9.64 Å². The van der Waals surface area contributed by atoms with E-state index in [1.54, 1.807) is 7.11 Å². The first kappa shape index (κ1) is 9.13. The fraction of sp³-hybridized carbons (Fsp3) is 0.333. The van der Waals surface area contributed by atoms with Gasteiger partial charge in [-0.15, -0.1) is 0 Å². The van der Waals surface area contributed by atoms with Gasteiger partial charge in [0, 0.05) is 24.9 Å². The molecule has 2 rings (SSSR count). The number of rotatable bonds is 1. The number of ether oxygens (including phenoxy) is 1. The molecule has 14 heavy (non-hydrogen) atoms. The van der Waals surface area contributed by atoms with E-state index >= 15 is 0 Å². The Kier molecular flexibility index (Phi) is 2.20. The maximum absolute atomic E-state index is 5.22. The molecule has 0 amide bonds. The maximum Gasteiger partial charge on any atom is 0.119 e. The highest BCUT2D eigenvalue weighted by Crippen LogP contribution is 2.33. The Hall–Kier alpha value is -1.44. The molecule has 2 nitrogen and oxygen atoms in total. The molecule has 0 atom stereocenters. The van der Waals surface area contributed by atoms with Crippen LogP contribution in [0.25, 0.3) is 5.70 Å². The zero-order valence-corrected chi connectivity index (χ0v) is 8.87. The number of nitrogens with zero attached hydrogens (tertiary/aromatic N) is 1. The van der Waals surface area contributed by atoms with E-state index in [4.69, 9.17) is 4.74 Å². The number of fused-ring (bicyclic) bond motifs is 1. The Labute approximate surface area is 84.8 Å². The lowest BCUT2D eigenvalue weighted by atomic mass is 10.1. The van der Waals surface area contributed by atoms with Gasteiger partial charge in [-0.2, -0.15) is 0 Å². The predicted octanol–water partition coefficient (Wildman–Crippen LogP) is 2.50. The average Bonchev–Trinajstić information content (AvgIpc) is 2.52. The third kappa shape index (κ3) is 1.27. The first-order valence-corrected chi connectivity index (χ1v) is 4.81. The van der Waals surface area contributed by atoms with Gasteiger partial charge >= 0.3 is 0 Å².